The Bertz CT molecular complexity index is 404. The fourth-order valence-corrected chi connectivity index (χ4v) is 2.80. The highest BCUT2D eigenvalue weighted by Crippen LogP contribution is 2.40. The second kappa shape index (κ2) is 5.31. The van der Waals surface area contributed by atoms with E-state index in [2.05, 4.69) is 32.0 Å². The molecule has 0 atom stereocenters. The van der Waals surface area contributed by atoms with Crippen LogP contribution in [0.5, 0.6) is 5.75 Å². The number of hydrogen-bond acceptors (Lipinski definition) is 2. The molecular weight excluding hydrogens is 224 g/mol. The van der Waals surface area contributed by atoms with Crippen molar-refractivity contribution in [2.24, 2.45) is 0 Å². The summed E-state index contributed by atoms with van der Waals surface area (Å²) in [7, 11) is 1.74. The molecule has 100 valence electrons. The Labute approximate surface area is 110 Å². The number of ether oxygens (including phenoxy) is 1. The molecule has 1 N–H and O–H groups in total. The lowest BCUT2D eigenvalue weighted by Gasteiger charge is -2.25. The predicted molar refractivity (Wildman–Crippen MR) is 74.3 cm³/mol. The third-order valence-corrected chi connectivity index (χ3v) is 4.20. The van der Waals surface area contributed by atoms with Crippen LogP contribution in [-0.4, -0.2) is 18.8 Å². The number of aliphatic hydroxyl groups excluding tert-OH is 1. The molecule has 1 saturated carbocycles. The van der Waals surface area contributed by atoms with E-state index in [1.807, 2.05) is 0 Å². The molecular formula is C16H24O2. The number of rotatable bonds is 4. The number of benzene rings is 1. The summed E-state index contributed by atoms with van der Waals surface area (Å²) in [5, 5.41) is 9.50. The molecule has 18 heavy (non-hydrogen) atoms. The summed E-state index contributed by atoms with van der Waals surface area (Å²) in [6, 6.07) is 6.37. The van der Waals surface area contributed by atoms with Gasteiger partial charge in [0.25, 0.3) is 0 Å². The van der Waals surface area contributed by atoms with Gasteiger partial charge in [-0.1, -0.05) is 38.8 Å². The molecule has 1 fully saturated rings. The van der Waals surface area contributed by atoms with Crippen molar-refractivity contribution in [2.75, 3.05) is 13.7 Å². The molecule has 2 heteroatoms. The molecule has 0 heterocycles. The first-order valence-corrected chi connectivity index (χ1v) is 6.88. The fourth-order valence-electron chi connectivity index (χ4n) is 2.80. The first-order valence-electron chi connectivity index (χ1n) is 6.88. The van der Waals surface area contributed by atoms with Crippen molar-refractivity contribution in [3.8, 4) is 5.75 Å². The van der Waals surface area contributed by atoms with Gasteiger partial charge in [0.2, 0.25) is 0 Å². The highest BCUT2D eigenvalue weighted by molar-refractivity contribution is 5.42. The van der Waals surface area contributed by atoms with Crippen molar-refractivity contribution < 1.29 is 9.84 Å². The lowest BCUT2D eigenvalue weighted by molar-refractivity contribution is 0.218. The van der Waals surface area contributed by atoms with Crippen LogP contribution in [0.1, 0.15) is 56.6 Å². The van der Waals surface area contributed by atoms with Crippen molar-refractivity contribution in [3.05, 3.63) is 29.3 Å². The predicted octanol–water partition coefficient (Wildman–Crippen LogP) is 3.62. The molecule has 0 aliphatic heterocycles. The Hall–Kier alpha value is -1.02. The van der Waals surface area contributed by atoms with E-state index in [9.17, 15) is 5.11 Å². The molecule has 0 bridgehead atoms. The molecule has 1 aromatic rings. The summed E-state index contributed by atoms with van der Waals surface area (Å²) in [4.78, 5) is 0. The number of hydrogen-bond donors (Lipinski definition) is 1. The van der Waals surface area contributed by atoms with Crippen molar-refractivity contribution in [2.45, 2.75) is 50.9 Å². The number of aliphatic hydroxyl groups is 1. The molecule has 0 spiro atoms. The summed E-state index contributed by atoms with van der Waals surface area (Å²) in [5.74, 6) is 1.63. The third-order valence-electron chi connectivity index (χ3n) is 4.20. The van der Waals surface area contributed by atoms with Crippen LogP contribution in [0.25, 0.3) is 0 Å². The van der Waals surface area contributed by atoms with Gasteiger partial charge in [-0.2, -0.15) is 0 Å². The first kappa shape index (κ1) is 13.4. The topological polar surface area (TPSA) is 29.5 Å². The monoisotopic (exact) mass is 248 g/mol. The zero-order valence-corrected chi connectivity index (χ0v) is 11.7. The summed E-state index contributed by atoms with van der Waals surface area (Å²) < 4.78 is 5.50. The minimum Gasteiger partial charge on any atom is -0.496 e. The van der Waals surface area contributed by atoms with E-state index in [1.54, 1.807) is 7.11 Å². The van der Waals surface area contributed by atoms with Crippen LogP contribution in [-0.2, 0) is 5.41 Å². The van der Waals surface area contributed by atoms with Crippen molar-refractivity contribution in [1.29, 1.82) is 0 Å². The number of methoxy groups -OCH3 is 1. The van der Waals surface area contributed by atoms with Gasteiger partial charge in [-0.3, -0.25) is 0 Å². The van der Waals surface area contributed by atoms with Crippen molar-refractivity contribution in [1.82, 2.24) is 0 Å². The van der Waals surface area contributed by atoms with Gasteiger partial charge < -0.3 is 9.84 Å². The Morgan fingerprint density at radius 1 is 1.28 bits per heavy atom. The van der Waals surface area contributed by atoms with Gasteiger partial charge >= 0.3 is 0 Å². The average molecular weight is 248 g/mol. The zero-order chi connectivity index (χ0) is 13.2. The van der Waals surface area contributed by atoms with Crippen LogP contribution in [0, 0.1) is 0 Å². The van der Waals surface area contributed by atoms with E-state index in [4.69, 9.17) is 4.74 Å². The second-order valence-corrected chi connectivity index (χ2v) is 5.98. The molecule has 0 unspecified atom stereocenters. The van der Waals surface area contributed by atoms with Crippen LogP contribution < -0.4 is 4.74 Å². The van der Waals surface area contributed by atoms with Crippen molar-refractivity contribution in [3.63, 3.8) is 0 Å². The maximum Gasteiger partial charge on any atom is 0.122 e. The van der Waals surface area contributed by atoms with Crippen LogP contribution in [0.4, 0.5) is 0 Å². The van der Waals surface area contributed by atoms with Gasteiger partial charge in [-0.25, -0.2) is 0 Å². The van der Waals surface area contributed by atoms with Gasteiger partial charge in [-0.15, -0.1) is 0 Å². The van der Waals surface area contributed by atoms with E-state index < -0.39 is 0 Å². The average Bonchev–Trinajstić information content (AvgIpc) is 2.91. The van der Waals surface area contributed by atoms with E-state index in [0.717, 1.165) is 5.75 Å². The van der Waals surface area contributed by atoms with Crippen LogP contribution in [0.2, 0.25) is 0 Å². The van der Waals surface area contributed by atoms with E-state index >= 15 is 0 Å². The minimum atomic E-state index is -0.181. The Morgan fingerprint density at radius 2 is 1.94 bits per heavy atom. The Kier molecular flexibility index (Phi) is 3.96. The first-order chi connectivity index (χ1) is 8.58. The van der Waals surface area contributed by atoms with Gasteiger partial charge in [0.1, 0.15) is 5.75 Å². The smallest absolute Gasteiger partial charge is 0.122 e. The maximum atomic E-state index is 9.50. The van der Waals surface area contributed by atoms with Crippen LogP contribution in [0.3, 0.4) is 0 Å². The molecule has 2 nitrogen and oxygen atoms in total. The highest BCUT2D eigenvalue weighted by Gasteiger charge is 2.25. The third kappa shape index (κ3) is 2.54. The summed E-state index contributed by atoms with van der Waals surface area (Å²) in [5.41, 5.74) is 2.35. The fraction of sp³-hybridized carbons (Fsp3) is 0.625. The van der Waals surface area contributed by atoms with Gasteiger partial charge in [-0.05, 0) is 36.0 Å². The van der Waals surface area contributed by atoms with Gasteiger partial charge in [0.15, 0.2) is 0 Å². The maximum absolute atomic E-state index is 9.50. The lowest BCUT2D eigenvalue weighted by Crippen LogP contribution is -2.22. The van der Waals surface area contributed by atoms with Crippen molar-refractivity contribution >= 4 is 0 Å². The largest absolute Gasteiger partial charge is 0.496 e. The van der Waals surface area contributed by atoms with Gasteiger partial charge in [0, 0.05) is 5.41 Å². The Balaban J connectivity index is 2.38. The Morgan fingerprint density at radius 3 is 2.50 bits per heavy atom. The normalized spacial score (nSPS) is 17.1. The van der Waals surface area contributed by atoms with Crippen LogP contribution >= 0.6 is 0 Å². The highest BCUT2D eigenvalue weighted by atomic mass is 16.5. The molecule has 0 radical (unpaired) electrons. The van der Waals surface area contributed by atoms with E-state index in [1.165, 1.54) is 36.8 Å². The molecule has 0 aromatic heterocycles. The minimum absolute atomic E-state index is 0.170. The molecule has 0 saturated heterocycles. The SMILES string of the molecule is COc1ccc(C(C)(C)CO)cc1C1CCCC1. The molecule has 0 amide bonds. The summed E-state index contributed by atoms with van der Waals surface area (Å²) >= 11 is 0. The lowest BCUT2D eigenvalue weighted by atomic mass is 9.83. The second-order valence-electron chi connectivity index (χ2n) is 5.98. The molecule has 1 aliphatic rings. The van der Waals surface area contributed by atoms with E-state index in [-0.39, 0.29) is 12.0 Å². The molecule has 1 aromatic carbocycles. The van der Waals surface area contributed by atoms with E-state index in [0.29, 0.717) is 5.92 Å². The molecule has 1 aliphatic carbocycles. The standard InChI is InChI=1S/C16H24O2/c1-16(2,11-17)13-8-9-15(18-3)14(10-13)12-6-4-5-7-12/h8-10,12,17H,4-7,11H2,1-3H3. The quantitative estimate of drug-likeness (QED) is 0.881. The molecule has 2 rings (SSSR count). The van der Waals surface area contributed by atoms with Gasteiger partial charge in [0.05, 0.1) is 13.7 Å². The summed E-state index contributed by atoms with van der Waals surface area (Å²) in [6.45, 7) is 4.32. The zero-order valence-electron chi connectivity index (χ0n) is 11.7. The summed E-state index contributed by atoms with van der Waals surface area (Å²) in [6.07, 6.45) is 5.17. The van der Waals surface area contributed by atoms with Crippen LogP contribution in [0.15, 0.2) is 18.2 Å².